The minimum atomic E-state index is -3.26. The Morgan fingerprint density at radius 3 is 2.69 bits per heavy atom. The summed E-state index contributed by atoms with van der Waals surface area (Å²) >= 11 is 0. The Kier molecular flexibility index (Phi) is 3.30. The van der Waals surface area contributed by atoms with Crippen molar-refractivity contribution in [3.05, 3.63) is 37.7 Å². The molecule has 84 valence electrons. The maximum absolute atomic E-state index is 12.5. The van der Waals surface area contributed by atoms with Crippen LogP contribution in [0.25, 0.3) is 0 Å². The molecule has 16 heavy (non-hydrogen) atoms. The number of hydrogen-bond acceptors (Lipinski definition) is 4. The van der Waals surface area contributed by atoms with Crippen molar-refractivity contribution in [2.24, 2.45) is 0 Å². The summed E-state index contributed by atoms with van der Waals surface area (Å²) in [6, 6.07) is 1.60. The average Bonchev–Trinajstić information content (AvgIpc) is 2.20. The van der Waals surface area contributed by atoms with Crippen molar-refractivity contribution in [2.75, 3.05) is 0 Å². The van der Waals surface area contributed by atoms with Crippen LogP contribution in [0, 0.1) is 21.4 Å². The van der Waals surface area contributed by atoms with Crippen LogP contribution in [-0.2, 0) is 6.42 Å². The van der Waals surface area contributed by atoms with Crippen LogP contribution in [0.5, 0.6) is 0 Å². The monoisotopic (exact) mass is 229 g/mol. The van der Waals surface area contributed by atoms with Crippen LogP contribution in [0.15, 0.2) is 11.0 Å². The summed E-state index contributed by atoms with van der Waals surface area (Å²) in [5.74, 6) is -1.04. The molecule has 0 spiro atoms. The average molecular weight is 229 g/mol. The molecule has 0 aliphatic rings. The molecule has 0 fully saturated rings. The summed E-state index contributed by atoms with van der Waals surface area (Å²) in [6.45, 7) is 0. The minimum Gasteiger partial charge on any atom is -0.358 e. The largest absolute Gasteiger partial charge is 0.358 e. The Hall–Kier alpha value is -2.30. The second-order valence-corrected chi connectivity index (χ2v) is 2.80. The third kappa shape index (κ3) is 2.03. The fraction of sp³-hybridized carbons (Fsp3) is 0.250. The Morgan fingerprint density at radius 1 is 1.62 bits per heavy atom. The third-order valence-corrected chi connectivity index (χ3v) is 1.84. The van der Waals surface area contributed by atoms with Crippen LogP contribution in [0.2, 0.25) is 0 Å². The molecule has 0 aromatic carbocycles. The lowest BCUT2D eigenvalue weighted by Crippen LogP contribution is -2.18. The predicted octanol–water partition coefficient (Wildman–Crippen LogP) is 1.29. The van der Waals surface area contributed by atoms with E-state index in [2.05, 4.69) is 0 Å². The van der Waals surface area contributed by atoms with Crippen molar-refractivity contribution < 1.29 is 13.7 Å². The summed E-state index contributed by atoms with van der Waals surface area (Å²) in [6.07, 6.45) is -2.74. The number of nitriles is 1. The first kappa shape index (κ1) is 11.8. The maximum atomic E-state index is 12.5. The van der Waals surface area contributed by atoms with E-state index in [0.29, 0.717) is 0 Å². The molecule has 1 N–H and O–H groups in total. The van der Waals surface area contributed by atoms with Gasteiger partial charge in [-0.1, -0.05) is 0 Å². The molecule has 8 heteroatoms. The molecule has 0 amide bonds. The first-order valence-electron chi connectivity index (χ1n) is 4.03. The van der Waals surface area contributed by atoms with Gasteiger partial charge in [0.25, 0.3) is 6.43 Å². The summed E-state index contributed by atoms with van der Waals surface area (Å²) < 4.78 is 24.9. The quantitative estimate of drug-likeness (QED) is 0.623. The Labute approximate surface area is 87.3 Å². The van der Waals surface area contributed by atoms with Gasteiger partial charge >= 0.3 is 5.82 Å². The molecule has 0 saturated heterocycles. The van der Waals surface area contributed by atoms with Crippen LogP contribution in [0.4, 0.5) is 14.6 Å². The van der Waals surface area contributed by atoms with Crippen molar-refractivity contribution in [1.29, 1.82) is 5.26 Å². The number of aromatic nitrogens is 1. The number of rotatable bonds is 3. The molecule has 0 atom stereocenters. The second kappa shape index (κ2) is 4.48. The van der Waals surface area contributed by atoms with E-state index in [4.69, 9.17) is 5.26 Å². The number of alkyl halides is 2. The van der Waals surface area contributed by atoms with Crippen LogP contribution < -0.4 is 5.43 Å². The lowest BCUT2D eigenvalue weighted by atomic mass is 10.1. The van der Waals surface area contributed by atoms with Gasteiger partial charge < -0.3 is 10.1 Å². The third-order valence-electron chi connectivity index (χ3n) is 1.84. The highest BCUT2D eigenvalue weighted by atomic mass is 19.3. The van der Waals surface area contributed by atoms with Gasteiger partial charge in [0.15, 0.2) is 5.56 Å². The number of H-pyrrole nitrogens is 1. The molecule has 1 aromatic rings. The van der Waals surface area contributed by atoms with Gasteiger partial charge in [0, 0.05) is 0 Å². The van der Waals surface area contributed by atoms with Crippen LogP contribution in [-0.4, -0.2) is 9.91 Å². The number of nitrogens with one attached hydrogen (secondary N) is 1. The van der Waals surface area contributed by atoms with E-state index in [9.17, 15) is 23.7 Å². The van der Waals surface area contributed by atoms with Gasteiger partial charge in [0.05, 0.1) is 24.3 Å². The van der Waals surface area contributed by atoms with E-state index in [0.717, 1.165) is 6.20 Å². The zero-order chi connectivity index (χ0) is 12.3. The van der Waals surface area contributed by atoms with Gasteiger partial charge in [0.1, 0.15) is 0 Å². The number of halogens is 2. The first-order chi connectivity index (χ1) is 7.49. The maximum Gasteiger partial charge on any atom is 0.333 e. The van der Waals surface area contributed by atoms with Gasteiger partial charge in [-0.3, -0.25) is 4.79 Å². The van der Waals surface area contributed by atoms with Gasteiger partial charge in [0.2, 0.25) is 5.43 Å². The molecule has 0 unspecified atom stereocenters. The molecule has 0 aliphatic heterocycles. The Morgan fingerprint density at radius 2 is 2.25 bits per heavy atom. The second-order valence-electron chi connectivity index (χ2n) is 2.80. The summed E-state index contributed by atoms with van der Waals surface area (Å²) in [5, 5.41) is 18.7. The SMILES string of the molecule is N#CCc1c[nH]c([N+](=O)[O-])c(C(F)F)c1=O. The fourth-order valence-corrected chi connectivity index (χ4v) is 1.15. The van der Waals surface area contributed by atoms with Crippen molar-refractivity contribution in [3.63, 3.8) is 0 Å². The van der Waals surface area contributed by atoms with Gasteiger partial charge in [-0.25, -0.2) is 13.8 Å². The molecule has 1 aromatic heterocycles. The summed E-state index contributed by atoms with van der Waals surface area (Å²) in [4.78, 5) is 22.6. The number of pyridine rings is 1. The van der Waals surface area contributed by atoms with Crippen molar-refractivity contribution in [2.45, 2.75) is 12.8 Å². The molecule has 1 rings (SSSR count). The molecule has 1 heterocycles. The van der Waals surface area contributed by atoms with Gasteiger partial charge in [-0.15, -0.1) is 0 Å². The Balaban J connectivity index is 3.50. The van der Waals surface area contributed by atoms with Crippen LogP contribution in [0.3, 0.4) is 0 Å². The summed E-state index contributed by atoms with van der Waals surface area (Å²) in [7, 11) is 0. The van der Waals surface area contributed by atoms with Crippen molar-refractivity contribution >= 4 is 5.82 Å². The van der Waals surface area contributed by atoms with E-state index in [1.807, 2.05) is 4.98 Å². The summed E-state index contributed by atoms with van der Waals surface area (Å²) in [5.41, 5.74) is -2.59. The minimum absolute atomic E-state index is 0.219. The zero-order valence-corrected chi connectivity index (χ0v) is 7.74. The molecule has 0 saturated carbocycles. The number of aromatic amines is 1. The molecule has 6 nitrogen and oxygen atoms in total. The molecule has 0 bridgehead atoms. The molecule has 0 radical (unpaired) electrons. The first-order valence-corrected chi connectivity index (χ1v) is 4.03. The van der Waals surface area contributed by atoms with E-state index >= 15 is 0 Å². The smallest absolute Gasteiger partial charge is 0.333 e. The standard InChI is InChI=1S/C8H5F2N3O3/c9-7(10)5-6(14)4(1-2-11)3-12-8(5)13(15)16/h3,7H,1H2,(H,12,14). The van der Waals surface area contributed by atoms with Crippen molar-refractivity contribution in [3.8, 4) is 6.07 Å². The lowest BCUT2D eigenvalue weighted by Gasteiger charge is -2.03. The van der Waals surface area contributed by atoms with Crippen molar-refractivity contribution in [1.82, 2.24) is 4.98 Å². The normalized spacial score (nSPS) is 10.1. The highest BCUT2D eigenvalue weighted by Crippen LogP contribution is 2.23. The number of hydrogen-bond donors (Lipinski definition) is 1. The van der Waals surface area contributed by atoms with Gasteiger partial charge in [-0.05, 0) is 4.92 Å². The number of nitro groups is 1. The van der Waals surface area contributed by atoms with E-state index in [1.165, 1.54) is 0 Å². The number of nitrogens with zero attached hydrogens (tertiary/aromatic N) is 2. The van der Waals surface area contributed by atoms with E-state index in [-0.39, 0.29) is 12.0 Å². The van der Waals surface area contributed by atoms with Crippen LogP contribution in [0.1, 0.15) is 17.6 Å². The van der Waals surface area contributed by atoms with Gasteiger partial charge in [-0.2, -0.15) is 5.26 Å². The highest BCUT2D eigenvalue weighted by molar-refractivity contribution is 5.37. The highest BCUT2D eigenvalue weighted by Gasteiger charge is 2.26. The topological polar surface area (TPSA) is 99.8 Å². The van der Waals surface area contributed by atoms with Crippen LogP contribution >= 0.6 is 0 Å². The predicted molar refractivity (Wildman–Crippen MR) is 48.0 cm³/mol. The Bertz CT molecular complexity index is 518. The zero-order valence-electron chi connectivity index (χ0n) is 7.74. The lowest BCUT2D eigenvalue weighted by molar-refractivity contribution is -0.391. The fourth-order valence-electron chi connectivity index (χ4n) is 1.15. The van der Waals surface area contributed by atoms with E-state index < -0.39 is 28.2 Å². The molecular formula is C8H5F2N3O3. The molecular weight excluding hydrogens is 224 g/mol. The van der Waals surface area contributed by atoms with E-state index in [1.54, 1.807) is 6.07 Å². The molecule has 0 aliphatic carbocycles.